The predicted molar refractivity (Wildman–Crippen MR) is 82.6 cm³/mol. The third kappa shape index (κ3) is 5.05. The summed E-state index contributed by atoms with van der Waals surface area (Å²) in [5, 5.41) is 3.60. The van der Waals surface area contributed by atoms with Gasteiger partial charge in [0.05, 0.1) is 0 Å². The van der Waals surface area contributed by atoms with E-state index in [9.17, 15) is 0 Å². The van der Waals surface area contributed by atoms with E-state index in [1.807, 2.05) is 0 Å². The van der Waals surface area contributed by atoms with Gasteiger partial charge in [0.2, 0.25) is 0 Å². The zero-order valence-corrected chi connectivity index (χ0v) is 13.0. The Bertz CT molecular complexity index is 230. The lowest BCUT2D eigenvalue weighted by Crippen LogP contribution is -2.49. The first kappa shape index (κ1) is 15.3. The first-order chi connectivity index (χ1) is 9.29. The molecule has 0 aliphatic carbocycles. The van der Waals surface area contributed by atoms with Gasteiger partial charge in [-0.25, -0.2) is 0 Å². The summed E-state index contributed by atoms with van der Waals surface area (Å²) in [7, 11) is 0. The van der Waals surface area contributed by atoms with E-state index in [4.69, 9.17) is 0 Å². The Kier molecular flexibility index (Phi) is 6.62. The van der Waals surface area contributed by atoms with Gasteiger partial charge in [-0.15, -0.1) is 0 Å². The van der Waals surface area contributed by atoms with Gasteiger partial charge in [0.25, 0.3) is 0 Å². The normalized spacial score (nSPS) is 25.6. The zero-order chi connectivity index (χ0) is 13.5. The van der Waals surface area contributed by atoms with E-state index in [1.54, 1.807) is 0 Å². The van der Waals surface area contributed by atoms with E-state index in [0.717, 1.165) is 12.6 Å². The number of rotatable bonds is 6. The topological polar surface area (TPSA) is 18.5 Å². The highest BCUT2D eigenvalue weighted by molar-refractivity contribution is 4.82. The molecule has 19 heavy (non-hydrogen) atoms. The number of hydrogen-bond donors (Lipinski definition) is 1. The second-order valence-electron chi connectivity index (χ2n) is 6.48. The molecule has 0 spiro atoms. The SMILES string of the molecule is CCCNC(C)CN1CCC(N2CCCCC2)CC1. The first-order valence-corrected chi connectivity index (χ1v) is 8.49. The van der Waals surface area contributed by atoms with Crippen LogP contribution in [0.2, 0.25) is 0 Å². The summed E-state index contributed by atoms with van der Waals surface area (Å²) in [6, 6.07) is 1.53. The summed E-state index contributed by atoms with van der Waals surface area (Å²) in [5.41, 5.74) is 0. The van der Waals surface area contributed by atoms with Gasteiger partial charge in [0.15, 0.2) is 0 Å². The molecule has 0 radical (unpaired) electrons. The van der Waals surface area contributed by atoms with Gasteiger partial charge in [-0.3, -0.25) is 0 Å². The average molecular weight is 267 g/mol. The molecule has 1 N–H and O–H groups in total. The molecule has 0 amide bonds. The van der Waals surface area contributed by atoms with Crippen LogP contribution >= 0.6 is 0 Å². The van der Waals surface area contributed by atoms with Crippen LogP contribution in [0.4, 0.5) is 0 Å². The maximum absolute atomic E-state index is 3.60. The monoisotopic (exact) mass is 267 g/mol. The van der Waals surface area contributed by atoms with E-state index in [2.05, 4.69) is 29.0 Å². The van der Waals surface area contributed by atoms with E-state index in [-0.39, 0.29) is 0 Å². The van der Waals surface area contributed by atoms with Crippen LogP contribution in [0.15, 0.2) is 0 Å². The highest BCUT2D eigenvalue weighted by Crippen LogP contribution is 2.20. The molecular weight excluding hydrogens is 234 g/mol. The zero-order valence-electron chi connectivity index (χ0n) is 13.0. The number of nitrogens with one attached hydrogen (secondary N) is 1. The quantitative estimate of drug-likeness (QED) is 0.797. The molecule has 2 rings (SSSR count). The lowest BCUT2D eigenvalue weighted by atomic mass is 9.99. The van der Waals surface area contributed by atoms with Crippen LogP contribution in [-0.4, -0.2) is 61.2 Å². The van der Waals surface area contributed by atoms with Crippen LogP contribution in [0.3, 0.4) is 0 Å². The van der Waals surface area contributed by atoms with Crippen LogP contribution in [0, 0.1) is 0 Å². The van der Waals surface area contributed by atoms with Crippen LogP contribution in [0.5, 0.6) is 0 Å². The Morgan fingerprint density at radius 1 is 1.05 bits per heavy atom. The van der Waals surface area contributed by atoms with Crippen molar-refractivity contribution in [2.24, 2.45) is 0 Å². The Labute approximate surface area is 119 Å². The molecule has 0 saturated carbocycles. The van der Waals surface area contributed by atoms with E-state index in [1.165, 1.54) is 71.2 Å². The molecule has 0 aromatic heterocycles. The number of likely N-dealkylation sites (tertiary alicyclic amines) is 2. The Morgan fingerprint density at radius 2 is 1.74 bits per heavy atom. The molecule has 0 aromatic carbocycles. The second-order valence-corrected chi connectivity index (χ2v) is 6.48. The minimum absolute atomic E-state index is 0.645. The summed E-state index contributed by atoms with van der Waals surface area (Å²) in [6.45, 7) is 12.3. The van der Waals surface area contributed by atoms with Gasteiger partial charge in [-0.05, 0) is 71.8 Å². The molecule has 3 nitrogen and oxygen atoms in total. The van der Waals surface area contributed by atoms with Gasteiger partial charge in [0, 0.05) is 18.6 Å². The summed E-state index contributed by atoms with van der Waals surface area (Å²) in [4.78, 5) is 5.42. The fourth-order valence-electron chi connectivity index (χ4n) is 3.59. The minimum Gasteiger partial charge on any atom is -0.313 e. The molecule has 3 heteroatoms. The molecule has 1 unspecified atom stereocenters. The van der Waals surface area contributed by atoms with Gasteiger partial charge in [0.1, 0.15) is 0 Å². The Morgan fingerprint density at radius 3 is 2.37 bits per heavy atom. The molecule has 2 fully saturated rings. The van der Waals surface area contributed by atoms with Gasteiger partial charge >= 0.3 is 0 Å². The summed E-state index contributed by atoms with van der Waals surface area (Å²) in [5.74, 6) is 0. The summed E-state index contributed by atoms with van der Waals surface area (Å²) in [6.07, 6.45) is 8.33. The molecule has 1 atom stereocenters. The van der Waals surface area contributed by atoms with E-state index in [0.29, 0.717) is 6.04 Å². The largest absolute Gasteiger partial charge is 0.313 e. The average Bonchev–Trinajstić information content (AvgIpc) is 2.47. The number of nitrogens with zero attached hydrogens (tertiary/aromatic N) is 2. The summed E-state index contributed by atoms with van der Waals surface area (Å²) >= 11 is 0. The molecule has 0 bridgehead atoms. The van der Waals surface area contributed by atoms with Gasteiger partial charge in [-0.1, -0.05) is 13.3 Å². The smallest absolute Gasteiger partial charge is 0.0166 e. The first-order valence-electron chi connectivity index (χ1n) is 8.49. The Hall–Kier alpha value is -0.120. The maximum atomic E-state index is 3.60. The number of piperidine rings is 2. The standard InChI is InChI=1S/C16H33N3/c1-3-9-17-15(2)14-18-12-7-16(8-13-18)19-10-5-4-6-11-19/h15-17H,3-14H2,1-2H3. The molecule has 2 heterocycles. The summed E-state index contributed by atoms with van der Waals surface area (Å²) < 4.78 is 0. The van der Waals surface area contributed by atoms with Crippen molar-refractivity contribution in [2.45, 2.75) is 64.5 Å². The van der Waals surface area contributed by atoms with E-state index < -0.39 is 0 Å². The fraction of sp³-hybridized carbons (Fsp3) is 1.00. The lowest BCUT2D eigenvalue weighted by Gasteiger charge is -2.40. The van der Waals surface area contributed by atoms with Crippen molar-refractivity contribution in [1.29, 1.82) is 0 Å². The minimum atomic E-state index is 0.645. The predicted octanol–water partition coefficient (Wildman–Crippen LogP) is 2.32. The molecule has 112 valence electrons. The molecule has 2 aliphatic heterocycles. The van der Waals surface area contributed by atoms with Crippen molar-refractivity contribution >= 4 is 0 Å². The van der Waals surface area contributed by atoms with E-state index >= 15 is 0 Å². The van der Waals surface area contributed by atoms with Crippen molar-refractivity contribution < 1.29 is 0 Å². The van der Waals surface area contributed by atoms with Crippen LogP contribution in [0.25, 0.3) is 0 Å². The van der Waals surface area contributed by atoms with Crippen molar-refractivity contribution in [3.8, 4) is 0 Å². The maximum Gasteiger partial charge on any atom is 0.0166 e. The Balaban J connectivity index is 1.64. The molecule has 2 saturated heterocycles. The molecule has 0 aromatic rings. The third-order valence-electron chi connectivity index (χ3n) is 4.74. The lowest BCUT2D eigenvalue weighted by molar-refractivity contribution is 0.0890. The van der Waals surface area contributed by atoms with Crippen molar-refractivity contribution in [2.75, 3.05) is 39.3 Å². The van der Waals surface area contributed by atoms with Crippen molar-refractivity contribution in [3.05, 3.63) is 0 Å². The third-order valence-corrected chi connectivity index (χ3v) is 4.74. The van der Waals surface area contributed by atoms with Gasteiger partial charge < -0.3 is 15.1 Å². The highest BCUT2D eigenvalue weighted by Gasteiger charge is 2.25. The number of hydrogen-bond acceptors (Lipinski definition) is 3. The van der Waals surface area contributed by atoms with Crippen molar-refractivity contribution in [3.63, 3.8) is 0 Å². The van der Waals surface area contributed by atoms with Crippen molar-refractivity contribution in [1.82, 2.24) is 15.1 Å². The van der Waals surface area contributed by atoms with Crippen LogP contribution in [0.1, 0.15) is 52.4 Å². The fourth-order valence-corrected chi connectivity index (χ4v) is 3.59. The molecular formula is C16H33N3. The second kappa shape index (κ2) is 8.23. The van der Waals surface area contributed by atoms with Crippen LogP contribution in [-0.2, 0) is 0 Å². The molecule has 2 aliphatic rings. The van der Waals surface area contributed by atoms with Crippen LogP contribution < -0.4 is 5.32 Å². The highest BCUT2D eigenvalue weighted by atomic mass is 15.2. The van der Waals surface area contributed by atoms with Gasteiger partial charge in [-0.2, -0.15) is 0 Å².